The summed E-state index contributed by atoms with van der Waals surface area (Å²) in [6, 6.07) is 11.9. The third-order valence-corrected chi connectivity index (χ3v) is 3.42. The van der Waals surface area contributed by atoms with Crippen LogP contribution in [0.5, 0.6) is 5.75 Å². The van der Waals surface area contributed by atoms with Crippen molar-refractivity contribution in [2.75, 3.05) is 17.2 Å². The third kappa shape index (κ3) is 1.91. The van der Waals surface area contributed by atoms with Gasteiger partial charge in [-0.25, -0.2) is 0 Å². The fraction of sp³-hybridized carbons (Fsp3) is 0.133. The van der Waals surface area contributed by atoms with Crippen LogP contribution in [0, 0.1) is 0 Å². The summed E-state index contributed by atoms with van der Waals surface area (Å²) in [5.74, 6) is 0.0898. The van der Waals surface area contributed by atoms with E-state index in [0.717, 1.165) is 23.4 Å². The van der Waals surface area contributed by atoms with Gasteiger partial charge < -0.3 is 15.7 Å². The summed E-state index contributed by atoms with van der Waals surface area (Å²) in [5, 5.41) is 9.26. The molecule has 0 unspecified atom stereocenters. The molecule has 0 saturated carbocycles. The van der Waals surface area contributed by atoms with Crippen LogP contribution in [0.2, 0.25) is 0 Å². The Morgan fingerprint density at radius 2 is 1.89 bits per heavy atom. The lowest BCUT2D eigenvalue weighted by Crippen LogP contribution is -2.28. The number of hydrogen-bond donors (Lipinski definition) is 2. The molecule has 1 aliphatic rings. The summed E-state index contributed by atoms with van der Waals surface area (Å²) in [6.45, 7) is 0.642. The summed E-state index contributed by atoms with van der Waals surface area (Å²) in [4.78, 5) is 14.2. The minimum atomic E-state index is -0.0654. The van der Waals surface area contributed by atoms with Crippen molar-refractivity contribution in [3.05, 3.63) is 53.6 Å². The molecule has 1 aliphatic heterocycles. The molecule has 0 saturated heterocycles. The average Bonchev–Trinajstić information content (AvgIpc) is 2.84. The molecule has 3 rings (SSSR count). The molecule has 0 bridgehead atoms. The van der Waals surface area contributed by atoms with E-state index in [9.17, 15) is 9.90 Å². The number of anilines is 2. The Hall–Kier alpha value is -2.49. The molecule has 0 aliphatic carbocycles. The van der Waals surface area contributed by atoms with Gasteiger partial charge in [-0.05, 0) is 42.8 Å². The number of amides is 1. The van der Waals surface area contributed by atoms with E-state index in [0.29, 0.717) is 12.1 Å². The van der Waals surface area contributed by atoms with Gasteiger partial charge in [-0.15, -0.1) is 0 Å². The van der Waals surface area contributed by atoms with Crippen LogP contribution in [0.25, 0.3) is 0 Å². The Morgan fingerprint density at radius 3 is 2.63 bits per heavy atom. The fourth-order valence-electron chi connectivity index (χ4n) is 2.43. The van der Waals surface area contributed by atoms with Crippen LogP contribution in [0.4, 0.5) is 11.4 Å². The van der Waals surface area contributed by atoms with Gasteiger partial charge in [0.15, 0.2) is 0 Å². The maximum absolute atomic E-state index is 12.4. The van der Waals surface area contributed by atoms with Crippen LogP contribution in [0.3, 0.4) is 0 Å². The normalized spacial score (nSPS) is 13.4. The number of hydrogen-bond acceptors (Lipinski definition) is 3. The number of carbonyl (C=O) groups is 1. The molecule has 0 atom stereocenters. The molecule has 2 aromatic carbocycles. The molecule has 2 aromatic rings. The van der Waals surface area contributed by atoms with Crippen LogP contribution in [0.1, 0.15) is 15.9 Å². The second-order valence-corrected chi connectivity index (χ2v) is 4.60. The molecule has 0 aromatic heterocycles. The smallest absolute Gasteiger partial charge is 0.258 e. The highest BCUT2D eigenvalue weighted by atomic mass is 16.3. The van der Waals surface area contributed by atoms with Gasteiger partial charge in [-0.2, -0.15) is 0 Å². The van der Waals surface area contributed by atoms with Gasteiger partial charge in [0.05, 0.1) is 0 Å². The summed E-state index contributed by atoms with van der Waals surface area (Å²) in [5.41, 5.74) is 9.14. The predicted molar refractivity (Wildman–Crippen MR) is 74.3 cm³/mol. The molecule has 0 spiro atoms. The Balaban J connectivity index is 1.95. The first-order valence-electron chi connectivity index (χ1n) is 6.15. The van der Waals surface area contributed by atoms with Crippen LogP contribution < -0.4 is 10.6 Å². The number of carbonyl (C=O) groups excluding carboxylic acids is 1. The highest BCUT2D eigenvalue weighted by Gasteiger charge is 2.26. The monoisotopic (exact) mass is 254 g/mol. The maximum atomic E-state index is 12.4. The van der Waals surface area contributed by atoms with Gasteiger partial charge in [0.1, 0.15) is 5.75 Å². The van der Waals surface area contributed by atoms with Crippen molar-refractivity contribution in [3.63, 3.8) is 0 Å². The molecular weight excluding hydrogens is 240 g/mol. The van der Waals surface area contributed by atoms with Crippen molar-refractivity contribution in [2.45, 2.75) is 6.42 Å². The molecule has 96 valence electrons. The highest BCUT2D eigenvalue weighted by Crippen LogP contribution is 2.33. The number of nitrogens with zero attached hydrogens (tertiary/aromatic N) is 1. The van der Waals surface area contributed by atoms with Crippen LogP contribution in [-0.2, 0) is 6.42 Å². The molecule has 3 N–H and O–H groups in total. The first-order valence-corrected chi connectivity index (χ1v) is 6.15. The Bertz CT molecular complexity index is 635. The largest absolute Gasteiger partial charge is 0.508 e. The maximum Gasteiger partial charge on any atom is 0.258 e. The molecule has 0 radical (unpaired) electrons. The van der Waals surface area contributed by atoms with E-state index >= 15 is 0 Å². The van der Waals surface area contributed by atoms with Gasteiger partial charge in [-0.1, -0.05) is 6.07 Å². The molecule has 4 heteroatoms. The molecule has 0 fully saturated rings. The number of nitrogens with two attached hydrogens (primary N) is 1. The van der Waals surface area contributed by atoms with Crippen molar-refractivity contribution in [1.29, 1.82) is 0 Å². The van der Waals surface area contributed by atoms with Gasteiger partial charge >= 0.3 is 0 Å². The first kappa shape index (κ1) is 11.6. The van der Waals surface area contributed by atoms with Crippen molar-refractivity contribution in [2.24, 2.45) is 0 Å². The quantitative estimate of drug-likeness (QED) is 0.766. The highest BCUT2D eigenvalue weighted by molar-refractivity contribution is 6.07. The van der Waals surface area contributed by atoms with Gasteiger partial charge in [0, 0.05) is 29.0 Å². The number of fused-ring (bicyclic) bond motifs is 1. The van der Waals surface area contributed by atoms with E-state index in [2.05, 4.69) is 0 Å². The van der Waals surface area contributed by atoms with Crippen molar-refractivity contribution in [1.82, 2.24) is 0 Å². The number of rotatable bonds is 1. The van der Waals surface area contributed by atoms with E-state index in [1.54, 1.807) is 17.0 Å². The SMILES string of the molecule is Nc1cccc2c1CCN2C(=O)c1ccc(O)cc1. The Morgan fingerprint density at radius 1 is 1.16 bits per heavy atom. The summed E-state index contributed by atoms with van der Waals surface area (Å²) < 4.78 is 0. The number of phenolic OH excluding ortho intramolecular Hbond substituents is 1. The van der Waals surface area contributed by atoms with E-state index < -0.39 is 0 Å². The van der Waals surface area contributed by atoms with Crippen LogP contribution in [0.15, 0.2) is 42.5 Å². The number of phenols is 1. The molecular formula is C15H14N2O2. The molecule has 1 heterocycles. The first-order chi connectivity index (χ1) is 9.16. The zero-order valence-corrected chi connectivity index (χ0v) is 10.3. The minimum Gasteiger partial charge on any atom is -0.508 e. The molecule has 1 amide bonds. The molecule has 19 heavy (non-hydrogen) atoms. The lowest BCUT2D eigenvalue weighted by Gasteiger charge is -2.17. The summed E-state index contributed by atoms with van der Waals surface area (Å²) in [7, 11) is 0. The van der Waals surface area contributed by atoms with E-state index in [1.165, 1.54) is 12.1 Å². The van der Waals surface area contributed by atoms with Crippen molar-refractivity contribution < 1.29 is 9.90 Å². The number of nitrogen functional groups attached to an aromatic ring is 1. The lowest BCUT2D eigenvalue weighted by atomic mass is 10.1. The second-order valence-electron chi connectivity index (χ2n) is 4.60. The number of aromatic hydroxyl groups is 1. The van der Waals surface area contributed by atoms with Crippen LogP contribution in [-0.4, -0.2) is 17.6 Å². The zero-order valence-electron chi connectivity index (χ0n) is 10.3. The standard InChI is InChI=1S/C15H14N2O2/c16-13-2-1-3-14-12(13)8-9-17(14)15(19)10-4-6-11(18)7-5-10/h1-7,18H,8-9,16H2. The van der Waals surface area contributed by atoms with Gasteiger partial charge in [0.2, 0.25) is 0 Å². The predicted octanol–water partition coefficient (Wildman–Crippen LogP) is 2.18. The van der Waals surface area contributed by atoms with Crippen LogP contribution >= 0.6 is 0 Å². The third-order valence-electron chi connectivity index (χ3n) is 3.42. The second kappa shape index (κ2) is 4.31. The molecule has 4 nitrogen and oxygen atoms in total. The Kier molecular flexibility index (Phi) is 2.63. The fourth-order valence-corrected chi connectivity index (χ4v) is 2.43. The topological polar surface area (TPSA) is 66.6 Å². The zero-order chi connectivity index (χ0) is 13.4. The summed E-state index contributed by atoms with van der Waals surface area (Å²) in [6.07, 6.45) is 0.784. The Labute approximate surface area is 111 Å². The lowest BCUT2D eigenvalue weighted by molar-refractivity contribution is 0.0989. The minimum absolute atomic E-state index is 0.0654. The van der Waals surface area contributed by atoms with E-state index in [4.69, 9.17) is 5.73 Å². The van der Waals surface area contributed by atoms with E-state index in [-0.39, 0.29) is 11.7 Å². The van der Waals surface area contributed by atoms with Gasteiger partial charge in [0.25, 0.3) is 5.91 Å². The van der Waals surface area contributed by atoms with Crippen molar-refractivity contribution in [3.8, 4) is 5.75 Å². The average molecular weight is 254 g/mol. The number of benzene rings is 2. The van der Waals surface area contributed by atoms with E-state index in [1.807, 2.05) is 18.2 Å². The van der Waals surface area contributed by atoms with Gasteiger partial charge in [-0.3, -0.25) is 4.79 Å². The van der Waals surface area contributed by atoms with Crippen molar-refractivity contribution >= 4 is 17.3 Å². The summed E-state index contributed by atoms with van der Waals surface area (Å²) >= 11 is 0.